The predicted molar refractivity (Wildman–Crippen MR) is 142 cm³/mol. The van der Waals surface area contributed by atoms with Crippen LogP contribution in [0.15, 0.2) is 44.3 Å². The van der Waals surface area contributed by atoms with Crippen molar-refractivity contribution in [1.82, 2.24) is 4.90 Å². The van der Waals surface area contributed by atoms with Crippen molar-refractivity contribution in [3.63, 3.8) is 0 Å². The Morgan fingerprint density at radius 3 is 2.61 bits per heavy atom. The summed E-state index contributed by atoms with van der Waals surface area (Å²) in [6, 6.07) is 7.56. The van der Waals surface area contributed by atoms with Crippen molar-refractivity contribution in [3.05, 3.63) is 73.7 Å². The van der Waals surface area contributed by atoms with E-state index in [9.17, 15) is 19.2 Å². The zero-order valence-corrected chi connectivity index (χ0v) is 21.9. The molecule has 2 aromatic carbocycles. The van der Waals surface area contributed by atoms with Gasteiger partial charge in [-0.1, -0.05) is 6.07 Å². The van der Waals surface area contributed by atoms with E-state index in [1.165, 1.54) is 30.0 Å². The Bertz CT molecular complexity index is 1440. The van der Waals surface area contributed by atoms with E-state index in [2.05, 4.69) is 10.6 Å². The van der Waals surface area contributed by atoms with Crippen LogP contribution < -0.4 is 21.5 Å². The summed E-state index contributed by atoms with van der Waals surface area (Å²) in [7, 11) is 0. The number of halogens is 1. The van der Waals surface area contributed by atoms with Crippen LogP contribution in [0.2, 0.25) is 0 Å². The van der Waals surface area contributed by atoms with E-state index in [0.29, 0.717) is 25.1 Å². The van der Waals surface area contributed by atoms with E-state index in [4.69, 9.17) is 9.15 Å². The number of benzene rings is 1. The number of ether oxygens (including phenoxy) is 1. The molecule has 2 N–H and O–H groups in total. The highest BCUT2D eigenvalue weighted by Gasteiger charge is 2.35. The number of anilines is 3. The van der Waals surface area contributed by atoms with Crippen molar-refractivity contribution in [3.8, 4) is 0 Å². The smallest absolute Gasteiger partial charge is 0.304 e. The SMILES string of the molecule is CC(=O)O[C@@H]1CCCN1C(=O)c1cccc(Nc2c(NC(c3ccc(C)o3)[C@@H]3CCCS3)c(=O)c2=O)c1F. The number of carbonyl (C=O) groups is 2. The molecule has 38 heavy (non-hydrogen) atoms. The molecule has 9 nitrogen and oxygen atoms in total. The van der Waals surface area contributed by atoms with Crippen molar-refractivity contribution in [2.45, 2.75) is 57.1 Å². The molecule has 1 unspecified atom stereocenters. The second kappa shape index (κ2) is 10.6. The van der Waals surface area contributed by atoms with Crippen LogP contribution in [0.4, 0.5) is 21.5 Å². The molecule has 0 saturated carbocycles. The van der Waals surface area contributed by atoms with Gasteiger partial charge in [0.15, 0.2) is 12.0 Å². The molecular weight excluding hydrogens is 513 g/mol. The predicted octanol–water partition coefficient (Wildman–Crippen LogP) is 4.24. The van der Waals surface area contributed by atoms with E-state index < -0.39 is 34.8 Å². The van der Waals surface area contributed by atoms with Crippen LogP contribution in [-0.4, -0.2) is 40.6 Å². The van der Waals surface area contributed by atoms with Gasteiger partial charge in [-0.05, 0) is 56.2 Å². The van der Waals surface area contributed by atoms with E-state index in [1.807, 2.05) is 19.1 Å². The molecule has 1 aromatic heterocycles. The lowest BCUT2D eigenvalue weighted by Gasteiger charge is -2.26. The number of nitrogens with one attached hydrogen (secondary N) is 2. The van der Waals surface area contributed by atoms with Gasteiger partial charge in [0.05, 0.1) is 17.3 Å². The van der Waals surface area contributed by atoms with Gasteiger partial charge in [0.25, 0.3) is 16.8 Å². The molecule has 3 heterocycles. The maximum atomic E-state index is 15.5. The molecule has 0 aliphatic carbocycles. The Hall–Kier alpha value is -3.60. The van der Waals surface area contributed by atoms with Crippen LogP contribution >= 0.6 is 11.8 Å². The van der Waals surface area contributed by atoms with Crippen molar-refractivity contribution in [1.29, 1.82) is 0 Å². The summed E-state index contributed by atoms with van der Waals surface area (Å²) in [5.74, 6) is 0.369. The largest absolute Gasteiger partial charge is 0.464 e. The standard InChI is InChI=1S/C27H28FN3O6S/c1-14-10-11-18(36-14)22(19-8-5-13-38-19)30-24-23(25(33)26(24)34)29-17-7-3-6-16(21(17)28)27(35)31-12-4-9-20(31)37-15(2)32/h3,6-7,10-11,19-20,22,29-30H,4-5,8-9,12-13H2,1-2H3/t19-,20+,22?/m0/s1. The molecule has 3 atom stereocenters. The second-order valence-electron chi connectivity index (χ2n) is 9.53. The van der Waals surface area contributed by atoms with Crippen LogP contribution in [0.1, 0.15) is 60.5 Å². The fourth-order valence-electron chi connectivity index (χ4n) is 5.00. The third-order valence-electron chi connectivity index (χ3n) is 6.86. The Balaban J connectivity index is 1.40. The number of amides is 1. The van der Waals surface area contributed by atoms with Crippen LogP contribution in [0.5, 0.6) is 0 Å². The lowest BCUT2D eigenvalue weighted by molar-refractivity contribution is -0.151. The third-order valence-corrected chi connectivity index (χ3v) is 8.32. The average molecular weight is 542 g/mol. The average Bonchev–Trinajstić information content (AvgIpc) is 3.66. The lowest BCUT2D eigenvalue weighted by atomic mass is 10.0. The molecule has 0 spiro atoms. The minimum atomic E-state index is -0.866. The van der Waals surface area contributed by atoms with Gasteiger partial charge in [-0.25, -0.2) is 4.39 Å². The summed E-state index contributed by atoms with van der Waals surface area (Å²) in [6.45, 7) is 3.42. The number of hydrogen-bond acceptors (Lipinski definition) is 9. The fourth-order valence-corrected chi connectivity index (χ4v) is 6.37. The van der Waals surface area contributed by atoms with E-state index in [-0.39, 0.29) is 33.9 Å². The van der Waals surface area contributed by atoms with E-state index >= 15 is 4.39 Å². The maximum absolute atomic E-state index is 15.5. The summed E-state index contributed by atoms with van der Waals surface area (Å²) in [6.07, 6.45) is 2.29. The molecule has 0 bridgehead atoms. The van der Waals surface area contributed by atoms with Crippen molar-refractivity contribution < 1.29 is 23.1 Å². The van der Waals surface area contributed by atoms with Crippen molar-refractivity contribution >= 4 is 40.7 Å². The van der Waals surface area contributed by atoms with Gasteiger partial charge in [-0.3, -0.25) is 19.2 Å². The zero-order chi connectivity index (χ0) is 27.0. The molecule has 2 aliphatic heterocycles. The summed E-state index contributed by atoms with van der Waals surface area (Å²) in [4.78, 5) is 50.9. The number of thioether (sulfide) groups is 1. The first-order valence-electron chi connectivity index (χ1n) is 12.6. The maximum Gasteiger partial charge on any atom is 0.304 e. The normalized spacial score (nSPS) is 20.0. The number of furan rings is 1. The number of esters is 1. The van der Waals surface area contributed by atoms with Gasteiger partial charge in [-0.2, -0.15) is 11.8 Å². The molecule has 11 heteroatoms. The monoisotopic (exact) mass is 541 g/mol. The quantitative estimate of drug-likeness (QED) is 0.319. The molecule has 200 valence electrons. The van der Waals surface area contributed by atoms with Crippen LogP contribution in [0, 0.1) is 12.7 Å². The highest BCUT2D eigenvalue weighted by Crippen LogP contribution is 2.39. The fraction of sp³-hybridized carbons (Fsp3) is 0.407. The first-order chi connectivity index (χ1) is 18.2. The molecule has 5 rings (SSSR count). The topological polar surface area (TPSA) is 118 Å². The highest BCUT2D eigenvalue weighted by molar-refractivity contribution is 8.00. The van der Waals surface area contributed by atoms with Gasteiger partial charge < -0.3 is 24.7 Å². The Morgan fingerprint density at radius 2 is 1.92 bits per heavy atom. The number of hydrogen-bond donors (Lipinski definition) is 2. The van der Waals surface area contributed by atoms with Crippen molar-refractivity contribution in [2.24, 2.45) is 0 Å². The zero-order valence-electron chi connectivity index (χ0n) is 21.0. The van der Waals surface area contributed by atoms with Crippen LogP contribution in [0.25, 0.3) is 0 Å². The minimum Gasteiger partial charge on any atom is -0.464 e. The molecule has 3 aromatic rings. The first-order valence-corrected chi connectivity index (χ1v) is 13.6. The summed E-state index contributed by atoms with van der Waals surface area (Å²) in [5.41, 5.74) is -1.81. The molecule has 2 aliphatic rings. The van der Waals surface area contributed by atoms with E-state index in [1.54, 1.807) is 11.8 Å². The lowest BCUT2D eigenvalue weighted by Crippen LogP contribution is -2.39. The number of rotatable bonds is 8. The van der Waals surface area contributed by atoms with Crippen LogP contribution in [0.3, 0.4) is 0 Å². The van der Waals surface area contributed by atoms with Gasteiger partial charge in [-0.15, -0.1) is 0 Å². The molecule has 1 amide bonds. The number of likely N-dealkylation sites (tertiary alicyclic amines) is 1. The summed E-state index contributed by atoms with van der Waals surface area (Å²) < 4.78 is 26.6. The summed E-state index contributed by atoms with van der Waals surface area (Å²) in [5, 5.41) is 6.06. The number of nitrogens with zero attached hydrogens (tertiary/aromatic N) is 1. The van der Waals surface area contributed by atoms with Gasteiger partial charge in [0, 0.05) is 25.1 Å². The second-order valence-corrected chi connectivity index (χ2v) is 10.9. The van der Waals surface area contributed by atoms with Crippen molar-refractivity contribution in [2.75, 3.05) is 22.9 Å². The van der Waals surface area contributed by atoms with Gasteiger partial charge in [0.2, 0.25) is 0 Å². The Morgan fingerprint density at radius 1 is 1.13 bits per heavy atom. The molecule has 0 radical (unpaired) electrons. The molecule has 2 fully saturated rings. The molecular formula is C27H28FN3O6S. The number of carbonyl (C=O) groups excluding carboxylic acids is 2. The Labute approximate surface area is 222 Å². The van der Waals surface area contributed by atoms with Gasteiger partial charge in [0.1, 0.15) is 22.9 Å². The summed E-state index contributed by atoms with van der Waals surface area (Å²) >= 11 is 1.77. The Kier molecular flexibility index (Phi) is 7.29. The molecule has 2 saturated heterocycles. The van der Waals surface area contributed by atoms with Crippen LogP contribution in [-0.2, 0) is 9.53 Å². The first kappa shape index (κ1) is 26.0. The third kappa shape index (κ3) is 4.94. The highest BCUT2D eigenvalue weighted by atomic mass is 32.2. The number of aryl methyl sites for hydroxylation is 1. The van der Waals surface area contributed by atoms with E-state index in [0.717, 1.165) is 24.4 Å². The van der Waals surface area contributed by atoms with Gasteiger partial charge >= 0.3 is 5.97 Å². The minimum absolute atomic E-state index is 0.0614.